The Morgan fingerprint density at radius 1 is 0.479 bits per heavy atom. The minimum atomic E-state index is -2.05. The summed E-state index contributed by atoms with van der Waals surface area (Å²) in [6.45, 7) is 21.0. The molecular formula is C81H156Cl8N16O16. The molecule has 40 heteroatoms. The van der Waals surface area contributed by atoms with Gasteiger partial charge in [0.05, 0.1) is 6.20 Å². The highest BCUT2D eigenvalue weighted by Gasteiger charge is 2.59. The number of amides is 5. The van der Waals surface area contributed by atoms with E-state index < -0.39 is 111 Å². The summed E-state index contributed by atoms with van der Waals surface area (Å²) in [6, 6.07) is 0. The predicted molar refractivity (Wildman–Crippen MR) is 491 cm³/mol. The van der Waals surface area contributed by atoms with Crippen molar-refractivity contribution in [1.82, 2.24) is 61.2 Å². The minimum absolute atomic E-state index is 0. The van der Waals surface area contributed by atoms with Crippen LogP contribution in [0.1, 0.15) is 190 Å². The minimum Gasteiger partial charge on any atom is -0.464 e. The number of fused-ring (bicyclic) bond motifs is 5. The quantitative estimate of drug-likeness (QED) is 0.0127. The fraction of sp³-hybridized carbons (Fsp3) is 0.852. The van der Waals surface area contributed by atoms with Gasteiger partial charge in [0.1, 0.15) is 74.3 Å². The van der Waals surface area contributed by atoms with Gasteiger partial charge in [-0.25, -0.2) is 24.0 Å². The molecule has 1 aromatic rings. The molecule has 1 heterocycles. The summed E-state index contributed by atoms with van der Waals surface area (Å²) < 4.78 is 47.7. The fourth-order valence-electron chi connectivity index (χ4n) is 16.6. The number of hydrogen-bond acceptors (Lipinski definition) is 26. The maximum Gasteiger partial charge on any atom is 0.407 e. The third-order valence-corrected chi connectivity index (χ3v) is 23.8. The Bertz CT molecular complexity index is 2920. The average molecular weight is 1890 g/mol. The number of carbonyl (C=O) groups is 8. The second-order valence-electron chi connectivity index (χ2n) is 34.4. The van der Waals surface area contributed by atoms with E-state index in [2.05, 4.69) is 97.2 Å². The number of hydrogen-bond donors (Lipinski definition) is 9. The van der Waals surface area contributed by atoms with Crippen LogP contribution < -0.4 is 49.5 Å². The van der Waals surface area contributed by atoms with Crippen LogP contribution in [0.5, 0.6) is 0 Å². The molecule has 5 amide bonds. The van der Waals surface area contributed by atoms with E-state index in [1.807, 2.05) is 28.2 Å². The number of alkyl carbamates (subject to hydrolysis) is 5. The number of aromatic nitrogens is 3. The number of allylic oxidation sites excluding steroid dienone is 1. The third kappa shape index (κ3) is 42.9. The van der Waals surface area contributed by atoms with Crippen LogP contribution in [0.15, 0.2) is 17.8 Å². The Labute approximate surface area is 771 Å². The van der Waals surface area contributed by atoms with Crippen molar-refractivity contribution < 1.29 is 76.3 Å². The number of ether oxygens (including phenoxy) is 8. The maximum absolute atomic E-state index is 14.7. The van der Waals surface area contributed by atoms with E-state index in [0.29, 0.717) is 108 Å². The lowest BCUT2D eigenvalue weighted by Crippen LogP contribution is -2.51. The number of carbonyl (C=O) groups excluding carboxylic acids is 8. The van der Waals surface area contributed by atoms with Crippen molar-refractivity contribution in [2.45, 2.75) is 203 Å². The van der Waals surface area contributed by atoms with Gasteiger partial charge in [0.25, 0.3) is 0 Å². The fourth-order valence-corrected chi connectivity index (χ4v) is 16.6. The SMILES string of the molecule is CC(C)CCC[C@@H](C)[C@H]1CC[C@H]2[C@@H]3CC=C4C[C@@H](OC(=O)NCCCn5cc(COC(=O)C(C)(COC(=O)C(C)(COC(=O)NCCCN(C)CCCN)COC(=O)NCCCN(C)CCCN)COC(=O)C(C)(COC(=O)NCCCN(C)CCCN)COC(=O)NCCCN(C)CCCN)nn5)CC[C@]4(C)[C@H]3CC[C@]12C.Cl.Cl.Cl.Cl.Cl.Cl.Cl.Cl. The largest absolute Gasteiger partial charge is 0.464 e. The highest BCUT2D eigenvalue weighted by Crippen LogP contribution is 2.67. The molecule has 712 valence electrons. The summed E-state index contributed by atoms with van der Waals surface area (Å²) in [6.07, 6.45) is 18.9. The second kappa shape index (κ2) is 64.4. The van der Waals surface area contributed by atoms with Crippen LogP contribution in [-0.2, 0) is 65.4 Å². The van der Waals surface area contributed by atoms with E-state index in [9.17, 15) is 38.4 Å². The Kier molecular flexibility index (Phi) is 65.4. The van der Waals surface area contributed by atoms with Crippen LogP contribution in [-0.4, -0.2) is 268 Å². The Hall–Kier alpha value is -4.36. The number of nitrogens with one attached hydrogen (secondary N) is 5. The highest BCUT2D eigenvalue weighted by atomic mass is 35.5. The highest BCUT2D eigenvalue weighted by molar-refractivity contribution is 5.87. The molecule has 5 rings (SSSR count). The smallest absolute Gasteiger partial charge is 0.407 e. The molecule has 0 saturated heterocycles. The zero-order valence-electron chi connectivity index (χ0n) is 74.3. The Morgan fingerprint density at radius 2 is 0.860 bits per heavy atom. The first kappa shape index (κ1) is 123. The van der Waals surface area contributed by atoms with Gasteiger partial charge in [-0.3, -0.25) is 19.1 Å². The van der Waals surface area contributed by atoms with Gasteiger partial charge in [0, 0.05) is 45.7 Å². The Morgan fingerprint density at radius 3 is 1.26 bits per heavy atom. The molecule has 4 aliphatic carbocycles. The zero-order chi connectivity index (χ0) is 83.0. The molecule has 0 aromatic carbocycles. The van der Waals surface area contributed by atoms with Crippen LogP contribution in [0, 0.1) is 62.6 Å². The predicted octanol–water partition coefficient (Wildman–Crippen LogP) is 10.9. The van der Waals surface area contributed by atoms with E-state index in [-0.39, 0.29) is 149 Å². The van der Waals surface area contributed by atoms with Gasteiger partial charge < -0.3 is 107 Å². The third-order valence-electron chi connectivity index (χ3n) is 23.8. The van der Waals surface area contributed by atoms with Crippen molar-refractivity contribution in [1.29, 1.82) is 0 Å². The van der Waals surface area contributed by atoms with Crippen molar-refractivity contribution in [2.75, 3.05) is 179 Å². The Balaban J connectivity index is -0.00000856. The van der Waals surface area contributed by atoms with E-state index in [4.69, 9.17) is 60.8 Å². The van der Waals surface area contributed by atoms with E-state index in [1.165, 1.54) is 76.0 Å². The normalized spacial score (nSPS) is 19.1. The van der Waals surface area contributed by atoms with Crippen molar-refractivity contribution in [3.63, 3.8) is 0 Å². The molecule has 8 atom stereocenters. The van der Waals surface area contributed by atoms with Gasteiger partial charge in [-0.1, -0.05) is 70.7 Å². The number of esters is 3. The number of aryl methyl sites for hydroxylation is 1. The average Bonchev–Trinajstić information content (AvgIpc) is 1.67. The van der Waals surface area contributed by atoms with Crippen LogP contribution >= 0.6 is 99.3 Å². The number of rotatable bonds is 55. The molecule has 0 spiro atoms. The lowest BCUT2D eigenvalue weighted by molar-refractivity contribution is -0.179. The maximum atomic E-state index is 14.7. The molecule has 0 bridgehead atoms. The number of nitrogens with zero attached hydrogens (tertiary/aromatic N) is 7. The first-order chi connectivity index (χ1) is 53.9. The van der Waals surface area contributed by atoms with Gasteiger partial charge in [-0.05, 0) is 277 Å². The van der Waals surface area contributed by atoms with Gasteiger partial charge in [0.2, 0.25) is 0 Å². The van der Waals surface area contributed by atoms with E-state index in [1.54, 1.807) is 6.20 Å². The summed E-state index contributed by atoms with van der Waals surface area (Å²) in [7, 11) is 7.77. The van der Waals surface area contributed by atoms with Crippen molar-refractivity contribution >= 4 is 148 Å². The monoisotopic (exact) mass is 1890 g/mol. The summed E-state index contributed by atoms with van der Waals surface area (Å²) in [4.78, 5) is 118. The standard InChI is InChI=1S/C81H148N16O16.8ClH/c1-60(2)23-13-24-61(3)66-27-28-67-65-26-25-62-51-64(29-31-80(62,7)68(65)30-32-81(66,67)8)113-76(105)90-41-22-50-97-52-63(91-92-97)53-106-69(98)77(4,54-107-70(99)78(5,56-109-72(101)86-37-18-46-93(9)42-14-33-82)57-110-73(102)87-38-19-47-94(10)43-15-34-83)55-108-71(100)79(6,58-111-74(103)88-39-20-48-95(11)44-16-35-84)59-112-75(104)89-40-21-49-96(12)45-17-36-85;;;;;;;;/h25,52,60-61,64-68H,13-24,26-51,53-59,82-85H2,1-12H3,(H,86,101)(H,87,102)(H,88,103)(H,89,104)(H,90,105);8*1H/t61-,64+,65+,66-,67+,68+,80+,81-;;;;;;;;/m1......../s1. The molecule has 0 unspecified atom stereocenters. The van der Waals surface area contributed by atoms with Gasteiger partial charge in [-0.2, -0.15) is 0 Å². The molecule has 0 aliphatic heterocycles. The summed E-state index contributed by atoms with van der Waals surface area (Å²) in [5.41, 5.74) is 19.1. The van der Waals surface area contributed by atoms with Crippen LogP contribution in [0.4, 0.5) is 24.0 Å². The molecule has 3 fully saturated rings. The van der Waals surface area contributed by atoms with Crippen LogP contribution in [0.2, 0.25) is 0 Å². The van der Waals surface area contributed by atoms with Crippen molar-refractivity contribution in [2.24, 2.45) is 85.5 Å². The summed E-state index contributed by atoms with van der Waals surface area (Å²) in [5.74, 6) is 1.26. The second-order valence-corrected chi connectivity index (χ2v) is 34.4. The van der Waals surface area contributed by atoms with Gasteiger partial charge >= 0.3 is 48.4 Å². The van der Waals surface area contributed by atoms with E-state index >= 15 is 0 Å². The molecule has 32 nitrogen and oxygen atoms in total. The van der Waals surface area contributed by atoms with Gasteiger partial charge in [-0.15, -0.1) is 104 Å². The number of nitrogens with two attached hydrogens (primary N) is 4. The summed E-state index contributed by atoms with van der Waals surface area (Å²) in [5, 5.41) is 22.1. The van der Waals surface area contributed by atoms with Crippen molar-refractivity contribution in [3.8, 4) is 0 Å². The number of halogens is 8. The molecular weight excluding hydrogens is 1740 g/mol. The van der Waals surface area contributed by atoms with Crippen molar-refractivity contribution in [3.05, 3.63) is 23.5 Å². The zero-order valence-corrected chi connectivity index (χ0v) is 80.8. The first-order valence-corrected chi connectivity index (χ1v) is 42.1. The molecule has 1 aromatic heterocycles. The first-order valence-electron chi connectivity index (χ1n) is 42.1. The molecule has 121 heavy (non-hydrogen) atoms. The lowest BCUT2D eigenvalue weighted by Gasteiger charge is -2.58. The molecule has 0 radical (unpaired) electrons. The molecule has 13 N–H and O–H groups in total. The van der Waals surface area contributed by atoms with Crippen LogP contribution in [0.3, 0.4) is 0 Å². The lowest BCUT2D eigenvalue weighted by atomic mass is 9.47. The molecule has 4 aliphatic rings. The summed E-state index contributed by atoms with van der Waals surface area (Å²) >= 11 is 0. The van der Waals surface area contributed by atoms with Crippen LogP contribution in [0.25, 0.3) is 0 Å². The van der Waals surface area contributed by atoms with Gasteiger partial charge in [0.15, 0.2) is 0 Å². The topological polar surface area (TPSA) is 418 Å². The van der Waals surface area contributed by atoms with E-state index in [0.717, 1.165) is 101 Å². The molecule has 3 saturated carbocycles.